The lowest BCUT2D eigenvalue weighted by Crippen LogP contribution is -2.15. The van der Waals surface area contributed by atoms with Gasteiger partial charge in [0.2, 0.25) is 5.91 Å². The lowest BCUT2D eigenvalue weighted by molar-refractivity contribution is -0.115. The Bertz CT molecular complexity index is 935. The molecule has 1 aromatic heterocycles. The van der Waals surface area contributed by atoms with E-state index in [9.17, 15) is 9.59 Å². The summed E-state index contributed by atoms with van der Waals surface area (Å²) >= 11 is 1.37. The SMILES string of the molecule is COc1ccc(C(C)=O)cc1CC(=O)Nc1nc(-c2ccccc2)cs1. The molecule has 0 aliphatic rings. The van der Waals surface area contributed by atoms with Crippen LogP contribution in [0.25, 0.3) is 11.3 Å². The Morgan fingerprint density at radius 2 is 1.92 bits per heavy atom. The van der Waals surface area contributed by atoms with E-state index in [0.717, 1.165) is 11.3 Å². The van der Waals surface area contributed by atoms with E-state index in [0.29, 0.717) is 22.0 Å². The number of carbonyl (C=O) groups excluding carboxylic acids is 2. The highest BCUT2D eigenvalue weighted by Crippen LogP contribution is 2.25. The fourth-order valence-corrected chi connectivity index (χ4v) is 3.28. The van der Waals surface area contributed by atoms with Crippen molar-refractivity contribution >= 4 is 28.2 Å². The van der Waals surface area contributed by atoms with Gasteiger partial charge in [-0.2, -0.15) is 0 Å². The third-order valence-electron chi connectivity index (χ3n) is 3.86. The second kappa shape index (κ2) is 7.93. The Balaban J connectivity index is 1.73. The van der Waals surface area contributed by atoms with Gasteiger partial charge in [-0.1, -0.05) is 30.3 Å². The number of nitrogens with one attached hydrogen (secondary N) is 1. The van der Waals surface area contributed by atoms with Gasteiger partial charge in [-0.3, -0.25) is 9.59 Å². The smallest absolute Gasteiger partial charge is 0.230 e. The number of ether oxygens (including phenoxy) is 1. The minimum Gasteiger partial charge on any atom is -0.496 e. The lowest BCUT2D eigenvalue weighted by Gasteiger charge is -2.09. The number of carbonyl (C=O) groups is 2. The molecule has 6 heteroatoms. The summed E-state index contributed by atoms with van der Waals surface area (Å²) < 4.78 is 5.29. The number of rotatable bonds is 6. The molecule has 0 radical (unpaired) electrons. The van der Waals surface area contributed by atoms with Gasteiger partial charge < -0.3 is 10.1 Å². The second-order valence-electron chi connectivity index (χ2n) is 5.71. The van der Waals surface area contributed by atoms with E-state index in [-0.39, 0.29) is 18.1 Å². The predicted molar refractivity (Wildman–Crippen MR) is 103 cm³/mol. The molecule has 0 unspecified atom stereocenters. The van der Waals surface area contributed by atoms with Gasteiger partial charge in [-0.25, -0.2) is 4.98 Å². The van der Waals surface area contributed by atoms with Gasteiger partial charge in [0.25, 0.3) is 0 Å². The van der Waals surface area contributed by atoms with Crippen LogP contribution in [0.5, 0.6) is 5.75 Å². The highest BCUT2D eigenvalue weighted by atomic mass is 32.1. The number of hydrogen-bond donors (Lipinski definition) is 1. The molecule has 0 saturated heterocycles. The molecule has 26 heavy (non-hydrogen) atoms. The number of methoxy groups -OCH3 is 1. The van der Waals surface area contributed by atoms with Crippen molar-refractivity contribution < 1.29 is 14.3 Å². The number of ketones is 1. The fraction of sp³-hybridized carbons (Fsp3) is 0.150. The molecule has 0 fully saturated rings. The maximum Gasteiger partial charge on any atom is 0.230 e. The quantitative estimate of drug-likeness (QED) is 0.664. The van der Waals surface area contributed by atoms with E-state index < -0.39 is 0 Å². The molecular formula is C20H18N2O3S. The van der Waals surface area contributed by atoms with Crippen LogP contribution in [0.3, 0.4) is 0 Å². The Kier molecular flexibility index (Phi) is 5.43. The van der Waals surface area contributed by atoms with Crippen molar-refractivity contribution in [1.82, 2.24) is 4.98 Å². The highest BCUT2D eigenvalue weighted by molar-refractivity contribution is 7.14. The van der Waals surface area contributed by atoms with Crippen molar-refractivity contribution in [3.8, 4) is 17.0 Å². The van der Waals surface area contributed by atoms with Gasteiger partial charge in [0.05, 0.1) is 19.2 Å². The molecule has 0 aliphatic carbocycles. The van der Waals surface area contributed by atoms with Crippen LogP contribution in [0.1, 0.15) is 22.8 Å². The van der Waals surface area contributed by atoms with Gasteiger partial charge in [0.15, 0.2) is 10.9 Å². The number of aromatic nitrogens is 1. The summed E-state index contributed by atoms with van der Waals surface area (Å²) in [6.07, 6.45) is 0.102. The summed E-state index contributed by atoms with van der Waals surface area (Å²) in [7, 11) is 1.54. The zero-order valence-electron chi connectivity index (χ0n) is 14.5. The molecule has 0 aliphatic heterocycles. The van der Waals surface area contributed by atoms with Crippen molar-refractivity contribution in [2.75, 3.05) is 12.4 Å². The topological polar surface area (TPSA) is 68.3 Å². The van der Waals surface area contributed by atoms with Crippen LogP contribution in [-0.4, -0.2) is 23.8 Å². The second-order valence-corrected chi connectivity index (χ2v) is 6.57. The monoisotopic (exact) mass is 366 g/mol. The molecular weight excluding hydrogens is 348 g/mol. The Labute approximate surface area is 155 Å². The van der Waals surface area contributed by atoms with Crippen LogP contribution < -0.4 is 10.1 Å². The molecule has 0 bridgehead atoms. The average molecular weight is 366 g/mol. The van der Waals surface area contributed by atoms with E-state index in [1.807, 2.05) is 35.7 Å². The molecule has 132 valence electrons. The number of Topliss-reactive ketones (excluding diaryl/α,β-unsaturated/α-hetero) is 1. The molecule has 0 saturated carbocycles. The average Bonchev–Trinajstić information content (AvgIpc) is 3.10. The summed E-state index contributed by atoms with van der Waals surface area (Å²) in [5.41, 5.74) is 3.04. The maximum atomic E-state index is 12.4. The third-order valence-corrected chi connectivity index (χ3v) is 4.62. The van der Waals surface area contributed by atoms with Crippen molar-refractivity contribution in [1.29, 1.82) is 0 Å². The minimum atomic E-state index is -0.210. The van der Waals surface area contributed by atoms with Crippen LogP contribution in [0.4, 0.5) is 5.13 Å². The number of anilines is 1. The van der Waals surface area contributed by atoms with Gasteiger partial charge >= 0.3 is 0 Å². The first-order valence-corrected chi connectivity index (χ1v) is 8.93. The van der Waals surface area contributed by atoms with Gasteiger partial charge in [0, 0.05) is 22.1 Å². The fourth-order valence-electron chi connectivity index (χ4n) is 2.54. The summed E-state index contributed by atoms with van der Waals surface area (Å²) in [6.45, 7) is 1.49. The van der Waals surface area contributed by atoms with Crippen molar-refractivity contribution in [2.24, 2.45) is 0 Å². The molecule has 1 amide bonds. The molecule has 3 rings (SSSR count). The molecule has 0 atom stereocenters. The van der Waals surface area contributed by atoms with Crippen LogP contribution in [0, 0.1) is 0 Å². The van der Waals surface area contributed by atoms with Crippen molar-refractivity contribution in [2.45, 2.75) is 13.3 Å². The van der Waals surface area contributed by atoms with Crippen LogP contribution in [0.15, 0.2) is 53.9 Å². The first kappa shape index (κ1) is 17.8. The van der Waals surface area contributed by atoms with E-state index in [1.54, 1.807) is 18.2 Å². The van der Waals surface area contributed by atoms with Gasteiger partial charge in [-0.15, -0.1) is 11.3 Å². The highest BCUT2D eigenvalue weighted by Gasteiger charge is 2.13. The van der Waals surface area contributed by atoms with Crippen LogP contribution in [0.2, 0.25) is 0 Å². The molecule has 5 nitrogen and oxygen atoms in total. The number of hydrogen-bond acceptors (Lipinski definition) is 5. The Morgan fingerprint density at radius 3 is 2.62 bits per heavy atom. The predicted octanol–water partition coefficient (Wildman–Crippen LogP) is 4.20. The zero-order valence-corrected chi connectivity index (χ0v) is 15.3. The molecule has 1 N–H and O–H groups in total. The van der Waals surface area contributed by atoms with E-state index in [4.69, 9.17) is 4.74 Å². The van der Waals surface area contributed by atoms with E-state index in [1.165, 1.54) is 25.4 Å². The number of nitrogens with zero attached hydrogens (tertiary/aromatic N) is 1. The normalized spacial score (nSPS) is 10.4. The standard InChI is InChI=1S/C20H18N2O3S/c1-13(23)15-8-9-18(25-2)16(10-15)11-19(24)22-20-21-17(12-26-20)14-6-4-3-5-7-14/h3-10,12H,11H2,1-2H3,(H,21,22,24). The summed E-state index contributed by atoms with van der Waals surface area (Å²) in [6, 6.07) is 14.9. The number of amides is 1. The number of benzene rings is 2. The van der Waals surface area contributed by atoms with E-state index >= 15 is 0 Å². The van der Waals surface area contributed by atoms with Crippen molar-refractivity contribution in [3.63, 3.8) is 0 Å². The summed E-state index contributed by atoms with van der Waals surface area (Å²) in [4.78, 5) is 28.4. The van der Waals surface area contributed by atoms with E-state index in [2.05, 4.69) is 10.3 Å². The largest absolute Gasteiger partial charge is 0.496 e. The Hall–Kier alpha value is -2.99. The van der Waals surface area contributed by atoms with Crippen LogP contribution in [-0.2, 0) is 11.2 Å². The molecule has 0 spiro atoms. The first-order valence-electron chi connectivity index (χ1n) is 8.05. The molecule has 3 aromatic rings. The van der Waals surface area contributed by atoms with Gasteiger partial charge in [-0.05, 0) is 25.1 Å². The minimum absolute atomic E-state index is 0.0539. The van der Waals surface area contributed by atoms with Gasteiger partial charge in [0.1, 0.15) is 5.75 Å². The number of thiazole rings is 1. The maximum absolute atomic E-state index is 12.4. The summed E-state index contributed by atoms with van der Waals surface area (Å²) in [5, 5.41) is 5.25. The molecule has 1 heterocycles. The third kappa shape index (κ3) is 4.15. The lowest BCUT2D eigenvalue weighted by atomic mass is 10.0. The first-order chi connectivity index (χ1) is 12.6. The molecule has 2 aromatic carbocycles. The van der Waals surface area contributed by atoms with Crippen molar-refractivity contribution in [3.05, 3.63) is 65.0 Å². The summed E-state index contributed by atoms with van der Waals surface area (Å²) in [5.74, 6) is 0.314. The van der Waals surface area contributed by atoms with Crippen LogP contribution >= 0.6 is 11.3 Å². The zero-order chi connectivity index (χ0) is 18.5. The Morgan fingerprint density at radius 1 is 1.15 bits per heavy atom.